The van der Waals surface area contributed by atoms with Crippen molar-refractivity contribution < 1.29 is 9.50 Å². The number of benzene rings is 1. The van der Waals surface area contributed by atoms with Gasteiger partial charge < -0.3 is 5.11 Å². The predicted octanol–water partition coefficient (Wildman–Crippen LogP) is 2.36. The lowest BCUT2D eigenvalue weighted by molar-refractivity contribution is 0.0487. The summed E-state index contributed by atoms with van der Waals surface area (Å²) in [7, 11) is 0. The van der Waals surface area contributed by atoms with Crippen LogP contribution >= 0.6 is 0 Å². The fourth-order valence-electron chi connectivity index (χ4n) is 3.23. The van der Waals surface area contributed by atoms with Crippen LogP contribution in [0, 0.1) is 5.82 Å². The van der Waals surface area contributed by atoms with Gasteiger partial charge in [-0.2, -0.15) is 0 Å². The maximum absolute atomic E-state index is 12.9. The summed E-state index contributed by atoms with van der Waals surface area (Å²) in [5.41, 5.74) is 0.378. The van der Waals surface area contributed by atoms with Crippen molar-refractivity contribution >= 4 is 0 Å². The van der Waals surface area contributed by atoms with Crippen molar-refractivity contribution in [3.05, 3.63) is 35.6 Å². The van der Waals surface area contributed by atoms with Gasteiger partial charge in [0.25, 0.3) is 0 Å². The second-order valence-corrected chi connectivity index (χ2v) is 5.98. The van der Waals surface area contributed by atoms with E-state index < -0.39 is 5.60 Å². The van der Waals surface area contributed by atoms with Crippen molar-refractivity contribution in [1.29, 1.82) is 0 Å². The van der Waals surface area contributed by atoms with Gasteiger partial charge in [-0.05, 0) is 43.9 Å². The van der Waals surface area contributed by atoms with Gasteiger partial charge in [0.1, 0.15) is 5.82 Å². The molecule has 1 heterocycles. The highest BCUT2D eigenvalue weighted by Crippen LogP contribution is 2.38. The smallest absolute Gasteiger partial charge is 0.123 e. The van der Waals surface area contributed by atoms with Crippen LogP contribution in [0.3, 0.4) is 0 Å². The van der Waals surface area contributed by atoms with E-state index in [0.29, 0.717) is 18.5 Å². The zero-order valence-corrected chi connectivity index (χ0v) is 10.8. The third-order valence-electron chi connectivity index (χ3n) is 4.18. The molecule has 2 nitrogen and oxygen atoms in total. The van der Waals surface area contributed by atoms with E-state index in [1.165, 1.54) is 25.0 Å². The van der Waals surface area contributed by atoms with Gasteiger partial charge in [0.15, 0.2) is 0 Å². The number of rotatable bonds is 3. The topological polar surface area (TPSA) is 23.5 Å². The molecule has 2 atom stereocenters. The molecule has 1 saturated heterocycles. The number of hydrogen-bond acceptors (Lipinski definition) is 2. The van der Waals surface area contributed by atoms with E-state index in [-0.39, 0.29) is 5.82 Å². The maximum Gasteiger partial charge on any atom is 0.123 e. The van der Waals surface area contributed by atoms with Crippen molar-refractivity contribution in [2.45, 2.75) is 50.3 Å². The highest BCUT2D eigenvalue weighted by molar-refractivity contribution is 5.19. The minimum absolute atomic E-state index is 0.217. The Bertz CT molecular complexity index is 429. The predicted molar refractivity (Wildman–Crippen MR) is 68.9 cm³/mol. The molecule has 18 heavy (non-hydrogen) atoms. The van der Waals surface area contributed by atoms with Crippen molar-refractivity contribution in [2.24, 2.45) is 0 Å². The lowest BCUT2D eigenvalue weighted by Gasteiger charge is -2.23. The van der Waals surface area contributed by atoms with Crippen LogP contribution in [0.15, 0.2) is 24.3 Å². The lowest BCUT2D eigenvalue weighted by Crippen LogP contribution is -2.36. The van der Waals surface area contributed by atoms with E-state index in [4.69, 9.17) is 0 Å². The van der Waals surface area contributed by atoms with Crippen LogP contribution in [-0.4, -0.2) is 34.2 Å². The maximum atomic E-state index is 12.9. The second-order valence-electron chi connectivity index (χ2n) is 5.98. The Morgan fingerprint density at radius 1 is 1.33 bits per heavy atom. The summed E-state index contributed by atoms with van der Waals surface area (Å²) in [6.45, 7) is 2.96. The summed E-state index contributed by atoms with van der Waals surface area (Å²) in [4.78, 5) is 2.43. The molecule has 0 spiro atoms. The Kier molecular flexibility index (Phi) is 2.91. The molecular formula is C15H20FNO. The number of halogens is 1. The standard InChI is InChI=1S/C15H20FNO/c1-11-8-15(18,10-17(11)14-6-7-14)9-12-2-4-13(16)5-3-12/h2-5,11,14,18H,6-10H2,1H3. The third kappa shape index (κ3) is 2.43. The second kappa shape index (κ2) is 4.32. The molecule has 1 aliphatic heterocycles. The van der Waals surface area contributed by atoms with Gasteiger partial charge in [-0.25, -0.2) is 4.39 Å². The molecule has 0 aromatic heterocycles. The number of β-amino-alcohol motifs (C(OH)–C–C–N with tert-alkyl or cyclic N) is 1. The summed E-state index contributed by atoms with van der Waals surface area (Å²) >= 11 is 0. The van der Waals surface area contributed by atoms with Crippen molar-refractivity contribution in [1.82, 2.24) is 4.90 Å². The Morgan fingerprint density at radius 2 is 2.00 bits per heavy atom. The molecule has 2 aliphatic rings. The van der Waals surface area contributed by atoms with Crippen molar-refractivity contribution in [2.75, 3.05) is 6.54 Å². The number of likely N-dealkylation sites (tertiary alicyclic amines) is 1. The molecule has 1 aromatic rings. The lowest BCUT2D eigenvalue weighted by atomic mass is 9.92. The zero-order valence-electron chi connectivity index (χ0n) is 10.8. The fraction of sp³-hybridized carbons (Fsp3) is 0.600. The van der Waals surface area contributed by atoms with E-state index in [0.717, 1.165) is 18.5 Å². The Morgan fingerprint density at radius 3 is 2.61 bits per heavy atom. The SMILES string of the molecule is CC1CC(O)(Cc2ccc(F)cc2)CN1C1CC1. The van der Waals surface area contributed by atoms with Gasteiger partial charge in [0.05, 0.1) is 5.60 Å². The van der Waals surface area contributed by atoms with Crippen LogP contribution in [-0.2, 0) is 6.42 Å². The van der Waals surface area contributed by atoms with E-state index in [1.807, 2.05) is 0 Å². The van der Waals surface area contributed by atoms with Crippen LogP contribution in [0.25, 0.3) is 0 Å². The fourth-order valence-corrected chi connectivity index (χ4v) is 3.23. The Hall–Kier alpha value is -0.930. The van der Waals surface area contributed by atoms with Gasteiger partial charge in [0, 0.05) is 25.0 Å². The van der Waals surface area contributed by atoms with Gasteiger partial charge >= 0.3 is 0 Å². The van der Waals surface area contributed by atoms with Crippen LogP contribution < -0.4 is 0 Å². The molecule has 1 N–H and O–H groups in total. The molecule has 1 aromatic carbocycles. The zero-order chi connectivity index (χ0) is 12.8. The Labute approximate surface area is 107 Å². The molecule has 3 heteroatoms. The molecule has 0 amide bonds. The minimum Gasteiger partial charge on any atom is -0.388 e. The summed E-state index contributed by atoms with van der Waals surface area (Å²) in [5, 5.41) is 10.7. The number of nitrogens with zero attached hydrogens (tertiary/aromatic N) is 1. The normalized spacial score (nSPS) is 32.9. The Balaban J connectivity index is 1.70. The number of aliphatic hydroxyl groups is 1. The van der Waals surface area contributed by atoms with E-state index >= 15 is 0 Å². The van der Waals surface area contributed by atoms with Crippen LogP contribution in [0.2, 0.25) is 0 Å². The molecule has 1 aliphatic carbocycles. The molecular weight excluding hydrogens is 229 g/mol. The van der Waals surface area contributed by atoms with Gasteiger partial charge in [-0.1, -0.05) is 12.1 Å². The minimum atomic E-state index is -0.639. The quantitative estimate of drug-likeness (QED) is 0.889. The molecule has 0 radical (unpaired) electrons. The summed E-state index contributed by atoms with van der Waals surface area (Å²) in [6.07, 6.45) is 4.00. The molecule has 2 fully saturated rings. The summed E-state index contributed by atoms with van der Waals surface area (Å²) < 4.78 is 12.9. The van der Waals surface area contributed by atoms with E-state index in [2.05, 4.69) is 11.8 Å². The van der Waals surface area contributed by atoms with Gasteiger partial charge in [-0.3, -0.25) is 4.90 Å². The van der Waals surface area contributed by atoms with Gasteiger partial charge in [-0.15, -0.1) is 0 Å². The third-order valence-corrected chi connectivity index (χ3v) is 4.18. The largest absolute Gasteiger partial charge is 0.388 e. The molecule has 0 bridgehead atoms. The average Bonchev–Trinajstić information content (AvgIpc) is 3.09. The first-order chi connectivity index (χ1) is 8.56. The van der Waals surface area contributed by atoms with Crippen LogP contribution in [0.1, 0.15) is 31.7 Å². The highest BCUT2D eigenvalue weighted by Gasteiger charge is 2.45. The first-order valence-electron chi connectivity index (χ1n) is 6.78. The average molecular weight is 249 g/mol. The van der Waals surface area contributed by atoms with Gasteiger partial charge in [0.2, 0.25) is 0 Å². The van der Waals surface area contributed by atoms with Crippen molar-refractivity contribution in [3.8, 4) is 0 Å². The number of hydrogen-bond donors (Lipinski definition) is 1. The van der Waals surface area contributed by atoms with Crippen LogP contribution in [0.5, 0.6) is 0 Å². The summed E-state index contributed by atoms with van der Waals surface area (Å²) in [5.74, 6) is -0.217. The van der Waals surface area contributed by atoms with Crippen molar-refractivity contribution in [3.63, 3.8) is 0 Å². The molecule has 1 saturated carbocycles. The monoisotopic (exact) mass is 249 g/mol. The van der Waals surface area contributed by atoms with E-state index in [9.17, 15) is 9.50 Å². The van der Waals surface area contributed by atoms with Crippen LogP contribution in [0.4, 0.5) is 4.39 Å². The molecule has 2 unspecified atom stereocenters. The summed E-state index contributed by atoms with van der Waals surface area (Å²) in [6, 6.07) is 7.64. The van der Waals surface area contributed by atoms with E-state index in [1.54, 1.807) is 12.1 Å². The molecule has 3 rings (SSSR count). The molecule has 98 valence electrons. The first kappa shape index (κ1) is 12.1. The highest BCUT2D eigenvalue weighted by atomic mass is 19.1. The first-order valence-corrected chi connectivity index (χ1v) is 6.78.